The Labute approximate surface area is 134 Å². The van der Waals surface area contributed by atoms with Gasteiger partial charge in [-0.15, -0.1) is 0 Å². The van der Waals surface area contributed by atoms with E-state index in [2.05, 4.69) is 15.3 Å². The van der Waals surface area contributed by atoms with Gasteiger partial charge in [0.05, 0.1) is 17.3 Å². The van der Waals surface area contributed by atoms with E-state index < -0.39 is 5.82 Å². The Kier molecular flexibility index (Phi) is 4.98. The van der Waals surface area contributed by atoms with E-state index in [9.17, 15) is 4.39 Å². The lowest BCUT2D eigenvalue weighted by atomic mass is 9.95. The van der Waals surface area contributed by atoms with Gasteiger partial charge < -0.3 is 10.1 Å². The second-order valence-electron chi connectivity index (χ2n) is 6.01. The molecular formula is C16H19ClFN3O. The van der Waals surface area contributed by atoms with Gasteiger partial charge in [-0.2, -0.15) is 0 Å². The Morgan fingerprint density at radius 1 is 1.23 bits per heavy atom. The van der Waals surface area contributed by atoms with E-state index in [0.29, 0.717) is 23.9 Å². The van der Waals surface area contributed by atoms with Crippen molar-refractivity contribution >= 4 is 23.1 Å². The van der Waals surface area contributed by atoms with Crippen LogP contribution in [0.5, 0.6) is 0 Å². The minimum Gasteiger partial charge on any atom is -0.378 e. The highest BCUT2D eigenvalue weighted by Gasteiger charge is 2.19. The van der Waals surface area contributed by atoms with E-state index in [1.165, 1.54) is 12.1 Å². The molecule has 1 N–H and O–H groups in total. The topological polar surface area (TPSA) is 47.0 Å². The van der Waals surface area contributed by atoms with E-state index in [0.717, 1.165) is 5.69 Å². The Balaban J connectivity index is 2.36. The summed E-state index contributed by atoms with van der Waals surface area (Å²) in [6.07, 6.45) is 0. The van der Waals surface area contributed by atoms with Gasteiger partial charge in [-0.25, -0.2) is 14.4 Å². The Hall–Kier alpha value is -1.72. The maximum absolute atomic E-state index is 13.2. The van der Waals surface area contributed by atoms with Crippen LogP contribution in [0, 0.1) is 5.82 Å². The summed E-state index contributed by atoms with van der Waals surface area (Å²) in [5.74, 6) is 0.873. The van der Waals surface area contributed by atoms with Gasteiger partial charge >= 0.3 is 0 Å². The van der Waals surface area contributed by atoms with Gasteiger partial charge in [0, 0.05) is 24.3 Å². The number of nitrogens with zero attached hydrogens (tertiary/aromatic N) is 2. The molecule has 0 fully saturated rings. The third kappa shape index (κ3) is 4.15. The summed E-state index contributed by atoms with van der Waals surface area (Å²) in [5, 5.41) is 3.19. The van der Waals surface area contributed by atoms with Crippen molar-refractivity contribution in [2.75, 3.05) is 12.4 Å². The van der Waals surface area contributed by atoms with Gasteiger partial charge in [-0.05, 0) is 18.2 Å². The maximum Gasteiger partial charge on any atom is 0.141 e. The van der Waals surface area contributed by atoms with Crippen LogP contribution in [0.4, 0.5) is 15.9 Å². The van der Waals surface area contributed by atoms with Gasteiger partial charge in [0.2, 0.25) is 0 Å². The van der Waals surface area contributed by atoms with Crippen LogP contribution in [0.25, 0.3) is 0 Å². The lowest BCUT2D eigenvalue weighted by Crippen LogP contribution is -2.18. The van der Waals surface area contributed by atoms with E-state index in [4.69, 9.17) is 16.3 Å². The summed E-state index contributed by atoms with van der Waals surface area (Å²) in [5.41, 5.74) is 1.24. The molecule has 0 aliphatic heterocycles. The first-order valence-electron chi connectivity index (χ1n) is 6.89. The molecule has 0 saturated heterocycles. The molecule has 2 rings (SSSR count). The third-order valence-electron chi connectivity index (χ3n) is 2.93. The van der Waals surface area contributed by atoms with Crippen molar-refractivity contribution in [2.45, 2.75) is 32.8 Å². The summed E-state index contributed by atoms with van der Waals surface area (Å²) in [6, 6.07) is 6.24. The number of hydrogen-bond acceptors (Lipinski definition) is 4. The number of rotatable bonds is 4. The number of methoxy groups -OCH3 is 1. The fourth-order valence-electron chi connectivity index (χ4n) is 1.84. The van der Waals surface area contributed by atoms with E-state index in [1.807, 2.05) is 20.8 Å². The number of hydrogen-bond donors (Lipinski definition) is 1. The van der Waals surface area contributed by atoms with Crippen molar-refractivity contribution in [3.05, 3.63) is 46.6 Å². The fraction of sp³-hybridized carbons (Fsp3) is 0.375. The van der Waals surface area contributed by atoms with E-state index >= 15 is 0 Å². The second kappa shape index (κ2) is 6.58. The van der Waals surface area contributed by atoms with Gasteiger partial charge in [0.15, 0.2) is 0 Å². The Morgan fingerprint density at radius 3 is 2.55 bits per heavy atom. The molecule has 0 atom stereocenters. The lowest BCUT2D eigenvalue weighted by Gasteiger charge is -2.19. The molecule has 6 heteroatoms. The van der Waals surface area contributed by atoms with Gasteiger partial charge in [-0.3, -0.25) is 0 Å². The number of benzene rings is 1. The summed E-state index contributed by atoms with van der Waals surface area (Å²) in [4.78, 5) is 9.03. The second-order valence-corrected chi connectivity index (χ2v) is 6.41. The number of ether oxygens (including phenoxy) is 1. The summed E-state index contributed by atoms with van der Waals surface area (Å²) in [6.45, 7) is 6.51. The largest absolute Gasteiger partial charge is 0.378 e. The van der Waals surface area contributed by atoms with Crippen LogP contribution < -0.4 is 5.32 Å². The highest BCUT2D eigenvalue weighted by molar-refractivity contribution is 6.31. The van der Waals surface area contributed by atoms with Crippen LogP contribution in [0.15, 0.2) is 24.3 Å². The first-order chi connectivity index (χ1) is 10.3. The molecule has 0 saturated carbocycles. The third-order valence-corrected chi connectivity index (χ3v) is 3.22. The van der Waals surface area contributed by atoms with Crippen LogP contribution in [0.3, 0.4) is 0 Å². The molecule has 0 amide bonds. The summed E-state index contributed by atoms with van der Waals surface area (Å²) >= 11 is 5.80. The zero-order valence-corrected chi connectivity index (χ0v) is 13.8. The minimum absolute atomic E-state index is 0.0622. The normalized spacial score (nSPS) is 11.5. The van der Waals surface area contributed by atoms with Crippen LogP contribution in [0.1, 0.15) is 32.3 Å². The zero-order valence-electron chi connectivity index (χ0n) is 13.1. The van der Waals surface area contributed by atoms with Crippen molar-refractivity contribution in [1.29, 1.82) is 0 Å². The predicted octanol–water partition coefficient (Wildman–Crippen LogP) is 4.46. The van der Waals surface area contributed by atoms with E-state index in [1.54, 1.807) is 19.2 Å². The molecule has 4 nitrogen and oxygen atoms in total. The number of aromatic nitrogens is 2. The molecule has 1 heterocycles. The first kappa shape index (κ1) is 16.6. The van der Waals surface area contributed by atoms with Gasteiger partial charge in [0.1, 0.15) is 17.5 Å². The highest BCUT2D eigenvalue weighted by Crippen LogP contribution is 2.25. The monoisotopic (exact) mass is 323 g/mol. The molecule has 0 aliphatic carbocycles. The van der Waals surface area contributed by atoms with Gasteiger partial charge in [-0.1, -0.05) is 32.4 Å². The number of anilines is 2. The highest BCUT2D eigenvalue weighted by atomic mass is 35.5. The van der Waals surface area contributed by atoms with Gasteiger partial charge in [0.25, 0.3) is 0 Å². The molecule has 0 aliphatic rings. The maximum atomic E-state index is 13.2. The average molecular weight is 324 g/mol. The van der Waals surface area contributed by atoms with Crippen LogP contribution in [-0.4, -0.2) is 17.1 Å². The Morgan fingerprint density at radius 2 is 1.95 bits per heavy atom. The fourth-order valence-corrected chi connectivity index (χ4v) is 2.02. The van der Waals surface area contributed by atoms with Crippen molar-refractivity contribution in [3.63, 3.8) is 0 Å². The molecule has 22 heavy (non-hydrogen) atoms. The number of halogens is 2. The molecule has 0 spiro atoms. The summed E-state index contributed by atoms with van der Waals surface area (Å²) < 4.78 is 18.4. The van der Waals surface area contributed by atoms with Crippen LogP contribution in [-0.2, 0) is 16.8 Å². The van der Waals surface area contributed by atoms with Crippen molar-refractivity contribution in [3.8, 4) is 0 Å². The average Bonchev–Trinajstić information content (AvgIpc) is 2.42. The quantitative estimate of drug-likeness (QED) is 0.902. The van der Waals surface area contributed by atoms with Crippen molar-refractivity contribution in [1.82, 2.24) is 9.97 Å². The summed E-state index contributed by atoms with van der Waals surface area (Å²) in [7, 11) is 1.62. The molecule has 1 aromatic carbocycles. The molecule has 118 valence electrons. The standard InChI is InChI=1S/C16H19ClFN3O/c1-16(2,3)15-20-11(9-22-4)8-14(21-15)19-10-5-6-13(18)12(17)7-10/h5-8H,9H2,1-4H3,(H,19,20,21). The molecule has 0 radical (unpaired) electrons. The van der Waals surface area contributed by atoms with Crippen LogP contribution in [0.2, 0.25) is 5.02 Å². The van der Waals surface area contributed by atoms with Crippen molar-refractivity contribution < 1.29 is 9.13 Å². The van der Waals surface area contributed by atoms with E-state index in [-0.39, 0.29) is 10.4 Å². The molecule has 0 unspecified atom stereocenters. The molecular weight excluding hydrogens is 305 g/mol. The first-order valence-corrected chi connectivity index (χ1v) is 7.27. The minimum atomic E-state index is -0.453. The Bertz CT molecular complexity index is 671. The predicted molar refractivity (Wildman–Crippen MR) is 86.1 cm³/mol. The molecule has 0 bridgehead atoms. The van der Waals surface area contributed by atoms with Crippen LogP contribution >= 0.6 is 11.6 Å². The number of nitrogens with one attached hydrogen (secondary N) is 1. The SMILES string of the molecule is COCc1cc(Nc2ccc(F)c(Cl)c2)nc(C(C)(C)C)n1. The smallest absolute Gasteiger partial charge is 0.141 e. The molecule has 1 aromatic heterocycles. The lowest BCUT2D eigenvalue weighted by molar-refractivity contribution is 0.181. The molecule has 2 aromatic rings. The van der Waals surface area contributed by atoms with Crippen molar-refractivity contribution in [2.24, 2.45) is 0 Å². The zero-order chi connectivity index (χ0) is 16.3.